The number of allylic oxidation sites excluding steroid dienone is 1. The molecule has 10 heteroatoms. The molecule has 30 heavy (non-hydrogen) atoms. The van der Waals surface area contributed by atoms with Crippen LogP contribution in [0.4, 0.5) is 5.69 Å². The van der Waals surface area contributed by atoms with Crippen LogP contribution in [0.5, 0.6) is 5.75 Å². The third kappa shape index (κ3) is 4.59. The van der Waals surface area contributed by atoms with Crippen LogP contribution in [0, 0.1) is 9.49 Å². The molecule has 0 unspecified atom stereocenters. The molecule has 0 fully saturated rings. The first kappa shape index (κ1) is 22.5. The Labute approximate surface area is 188 Å². The molecule has 2 N–H and O–H groups in total. The summed E-state index contributed by atoms with van der Waals surface area (Å²) >= 11 is 2.02. The van der Waals surface area contributed by atoms with Crippen LogP contribution in [-0.2, 0) is 16.6 Å². The van der Waals surface area contributed by atoms with Crippen LogP contribution >= 0.6 is 22.6 Å². The number of anilines is 1. The minimum absolute atomic E-state index is 0.0244. The van der Waals surface area contributed by atoms with E-state index in [1.165, 1.54) is 10.7 Å². The van der Waals surface area contributed by atoms with E-state index in [1.807, 2.05) is 50.3 Å². The molecule has 8 nitrogen and oxygen atoms in total. The highest BCUT2D eigenvalue weighted by molar-refractivity contribution is 14.1. The molecule has 0 saturated heterocycles. The molecule has 3 rings (SSSR count). The van der Waals surface area contributed by atoms with Crippen molar-refractivity contribution in [3.05, 3.63) is 49.0 Å². The Kier molecular flexibility index (Phi) is 6.37. The second-order valence-electron chi connectivity index (χ2n) is 7.72. The second-order valence-corrected chi connectivity index (χ2v) is 10.5. The fraction of sp³-hybridized carbons (Fsp3) is 0.350. The van der Waals surface area contributed by atoms with E-state index in [4.69, 9.17) is 0 Å². The molecular formula is C20H23IN4O4S. The first-order valence-electron chi connectivity index (χ1n) is 9.40. The minimum Gasteiger partial charge on any atom is -0.505 e. The molecule has 1 aliphatic rings. The Bertz CT molecular complexity index is 1230. The summed E-state index contributed by atoms with van der Waals surface area (Å²) in [6, 6.07) is 4.85. The first-order chi connectivity index (χ1) is 14.0. The highest BCUT2D eigenvalue weighted by Crippen LogP contribution is 2.31. The first-order valence-corrected chi connectivity index (χ1v) is 11.9. The normalized spacial score (nSPS) is 14.7. The molecule has 1 aliphatic heterocycles. The summed E-state index contributed by atoms with van der Waals surface area (Å²) < 4.78 is 31.3. The standard InChI is InChI=1S/C20H23IN4O4S/c1-11(2)7-8-25-20(27)17(18(26)15(23-25)9-12(3)4)19-22-14-6-5-13(21)10-16(14)30(28,29)24-19/h5-6,9-11,26H,7-8H2,1-4H3,(H,22,24). The molecule has 160 valence electrons. The summed E-state index contributed by atoms with van der Waals surface area (Å²) in [6.07, 6.45) is 2.34. The molecule has 1 aromatic heterocycles. The summed E-state index contributed by atoms with van der Waals surface area (Å²) in [6.45, 7) is 8.07. The van der Waals surface area contributed by atoms with E-state index < -0.39 is 21.3 Å². The zero-order chi connectivity index (χ0) is 22.2. The van der Waals surface area contributed by atoms with Gasteiger partial charge in [0.05, 0.1) is 5.69 Å². The quantitative estimate of drug-likeness (QED) is 0.559. The number of benzene rings is 1. The molecule has 0 atom stereocenters. The van der Waals surface area contributed by atoms with Crippen LogP contribution in [0.3, 0.4) is 0 Å². The van der Waals surface area contributed by atoms with Crippen molar-refractivity contribution < 1.29 is 13.5 Å². The van der Waals surface area contributed by atoms with Crippen molar-refractivity contribution in [1.29, 1.82) is 0 Å². The number of nitrogens with one attached hydrogen (secondary N) is 1. The Balaban J connectivity index is 2.23. The number of sulfonamides is 1. The zero-order valence-corrected chi connectivity index (χ0v) is 20.1. The van der Waals surface area contributed by atoms with Crippen molar-refractivity contribution in [2.45, 2.75) is 45.6 Å². The number of nitrogens with zero attached hydrogens (tertiary/aromatic N) is 3. The SMILES string of the molecule is CC(C)=Cc1nn(CCC(C)C)c(=O)c(C2=NS(=O)(=O)c3cc(I)ccc3N2)c1O. The number of aryl methyl sites for hydroxylation is 1. The summed E-state index contributed by atoms with van der Waals surface area (Å²) in [7, 11) is -4.04. The third-order valence-corrected chi connectivity index (χ3v) is 6.41. The summed E-state index contributed by atoms with van der Waals surface area (Å²) in [5.41, 5.74) is 0.532. The number of rotatable bonds is 5. The van der Waals surface area contributed by atoms with Gasteiger partial charge < -0.3 is 10.4 Å². The molecule has 1 aromatic carbocycles. The molecule has 0 aliphatic carbocycles. The van der Waals surface area contributed by atoms with Gasteiger partial charge in [-0.15, -0.1) is 4.40 Å². The highest BCUT2D eigenvalue weighted by Gasteiger charge is 2.30. The molecule has 2 aromatic rings. The molecule has 0 bridgehead atoms. The predicted octanol–water partition coefficient (Wildman–Crippen LogP) is 3.58. The van der Waals surface area contributed by atoms with Crippen LogP contribution in [0.2, 0.25) is 0 Å². The minimum atomic E-state index is -4.04. The van der Waals surface area contributed by atoms with Gasteiger partial charge in [0.15, 0.2) is 11.6 Å². The maximum atomic E-state index is 13.1. The van der Waals surface area contributed by atoms with E-state index >= 15 is 0 Å². The van der Waals surface area contributed by atoms with E-state index in [1.54, 1.807) is 18.2 Å². The lowest BCUT2D eigenvalue weighted by Crippen LogP contribution is -2.34. The Morgan fingerprint density at radius 2 is 2.03 bits per heavy atom. The van der Waals surface area contributed by atoms with E-state index in [0.29, 0.717) is 24.6 Å². The van der Waals surface area contributed by atoms with Crippen molar-refractivity contribution in [3.63, 3.8) is 0 Å². The summed E-state index contributed by atoms with van der Waals surface area (Å²) in [4.78, 5) is 13.1. The van der Waals surface area contributed by atoms with Crippen molar-refractivity contribution in [2.75, 3.05) is 5.32 Å². The molecule has 0 radical (unpaired) electrons. The fourth-order valence-electron chi connectivity index (χ4n) is 2.94. The third-order valence-electron chi connectivity index (χ3n) is 4.42. The number of hydrogen-bond donors (Lipinski definition) is 2. The van der Waals surface area contributed by atoms with Gasteiger partial charge in [0.25, 0.3) is 15.6 Å². The van der Waals surface area contributed by atoms with E-state index in [0.717, 1.165) is 9.14 Å². The van der Waals surface area contributed by atoms with Crippen molar-refractivity contribution >= 4 is 50.2 Å². The van der Waals surface area contributed by atoms with Crippen LogP contribution < -0.4 is 10.9 Å². The van der Waals surface area contributed by atoms with Gasteiger partial charge in [-0.1, -0.05) is 19.4 Å². The average Bonchev–Trinajstić information content (AvgIpc) is 2.63. The monoisotopic (exact) mass is 542 g/mol. The van der Waals surface area contributed by atoms with E-state index in [2.05, 4.69) is 14.8 Å². The summed E-state index contributed by atoms with van der Waals surface area (Å²) in [5.74, 6) is -0.282. The number of hydrogen-bond acceptors (Lipinski definition) is 6. The van der Waals surface area contributed by atoms with Gasteiger partial charge >= 0.3 is 0 Å². The largest absolute Gasteiger partial charge is 0.505 e. The average molecular weight is 542 g/mol. The van der Waals surface area contributed by atoms with Gasteiger partial charge in [0, 0.05) is 10.1 Å². The molecule has 0 saturated carbocycles. The molecular weight excluding hydrogens is 519 g/mol. The Morgan fingerprint density at radius 1 is 1.33 bits per heavy atom. The van der Waals surface area contributed by atoms with E-state index in [-0.39, 0.29) is 22.0 Å². The molecule has 0 amide bonds. The lowest BCUT2D eigenvalue weighted by molar-refractivity contribution is 0.438. The fourth-order valence-corrected chi connectivity index (χ4v) is 4.79. The molecule has 0 spiro atoms. The lowest BCUT2D eigenvalue weighted by Gasteiger charge is -2.20. The lowest BCUT2D eigenvalue weighted by atomic mass is 10.1. The number of fused-ring (bicyclic) bond motifs is 1. The van der Waals surface area contributed by atoms with Crippen molar-refractivity contribution in [2.24, 2.45) is 10.3 Å². The maximum absolute atomic E-state index is 13.1. The summed E-state index contributed by atoms with van der Waals surface area (Å²) in [5, 5.41) is 18.0. The van der Waals surface area contributed by atoms with Crippen LogP contribution in [0.1, 0.15) is 45.4 Å². The van der Waals surface area contributed by atoms with Gasteiger partial charge in [-0.25, -0.2) is 4.68 Å². The zero-order valence-electron chi connectivity index (χ0n) is 17.1. The maximum Gasteiger partial charge on any atom is 0.286 e. The van der Waals surface area contributed by atoms with Gasteiger partial charge in [-0.2, -0.15) is 13.5 Å². The van der Waals surface area contributed by atoms with Crippen LogP contribution in [-0.4, -0.2) is 29.1 Å². The molecule has 2 heterocycles. The van der Waals surface area contributed by atoms with Gasteiger partial charge in [-0.3, -0.25) is 4.79 Å². The van der Waals surface area contributed by atoms with Crippen LogP contribution in [0.25, 0.3) is 6.08 Å². The Hall–Kier alpha value is -2.21. The number of aromatic nitrogens is 2. The van der Waals surface area contributed by atoms with E-state index in [9.17, 15) is 18.3 Å². The van der Waals surface area contributed by atoms with Crippen LogP contribution in [0.15, 0.2) is 37.9 Å². The number of amidine groups is 1. The smallest absolute Gasteiger partial charge is 0.286 e. The van der Waals surface area contributed by atoms with Gasteiger partial charge in [-0.05, 0) is 73.1 Å². The van der Waals surface area contributed by atoms with Crippen molar-refractivity contribution in [3.8, 4) is 5.75 Å². The second kappa shape index (κ2) is 8.50. The number of aromatic hydroxyl groups is 1. The van der Waals surface area contributed by atoms with Gasteiger partial charge in [0.1, 0.15) is 16.2 Å². The van der Waals surface area contributed by atoms with Crippen molar-refractivity contribution in [1.82, 2.24) is 9.78 Å². The Morgan fingerprint density at radius 3 is 2.67 bits per heavy atom. The topological polar surface area (TPSA) is 114 Å². The van der Waals surface area contributed by atoms with Gasteiger partial charge in [0.2, 0.25) is 0 Å². The predicted molar refractivity (Wildman–Crippen MR) is 125 cm³/mol. The highest BCUT2D eigenvalue weighted by atomic mass is 127. The number of halogens is 1.